The van der Waals surface area contributed by atoms with Crippen LogP contribution in [-0.4, -0.2) is 36.7 Å². The van der Waals surface area contributed by atoms with Crippen molar-refractivity contribution < 1.29 is 18.7 Å². The van der Waals surface area contributed by atoms with Gasteiger partial charge in [0.05, 0.1) is 0 Å². The molecular weight excluding hydrogens is 201 g/mol. The average Bonchev–Trinajstić information content (AvgIpc) is 2.01. The topological polar surface area (TPSA) is 46.6 Å². The van der Waals surface area contributed by atoms with Crippen LogP contribution >= 0.6 is 0 Å². The Balaban J connectivity index is 5.01. The lowest BCUT2D eigenvalue weighted by atomic mass is 9.78. The second-order valence-electron chi connectivity index (χ2n) is 4.82. The Morgan fingerprint density at radius 3 is 1.73 bits per heavy atom. The highest BCUT2D eigenvalue weighted by molar-refractivity contribution is 5.82. The first-order valence-electron chi connectivity index (χ1n) is 4.62. The molecule has 15 heavy (non-hydrogen) atoms. The molecule has 0 heterocycles. The predicted molar refractivity (Wildman–Crippen MR) is 54.1 cm³/mol. The molecule has 1 amide bonds. The van der Waals surface area contributed by atoms with Crippen LogP contribution in [0.15, 0.2) is 0 Å². The number of nitrogens with zero attached hydrogens (tertiary/aromatic N) is 1. The first-order chi connectivity index (χ1) is 6.52. The molecular formula is C10H18FNO3. The summed E-state index contributed by atoms with van der Waals surface area (Å²) in [6.07, 6.45) is -0.738. The molecule has 0 aromatic carbocycles. The van der Waals surface area contributed by atoms with Gasteiger partial charge >= 0.3 is 12.1 Å². The molecule has 0 aliphatic heterocycles. The molecule has 4 nitrogen and oxygen atoms in total. The van der Waals surface area contributed by atoms with E-state index >= 15 is 0 Å². The second-order valence-corrected chi connectivity index (χ2v) is 4.82. The molecule has 0 saturated heterocycles. The standard InChI is InChI=1S/C10H18FNO3/c1-9(2,3)10(4,7(11)13)15-8(14)12(5)6/h1-6H3/t10-/m0/s1. The van der Waals surface area contributed by atoms with Gasteiger partial charge in [-0.3, -0.25) is 4.79 Å². The molecule has 0 fully saturated rings. The van der Waals surface area contributed by atoms with Crippen LogP contribution in [-0.2, 0) is 9.53 Å². The van der Waals surface area contributed by atoms with Crippen molar-refractivity contribution in [1.29, 1.82) is 0 Å². The third kappa shape index (κ3) is 2.91. The number of ether oxygens (including phenoxy) is 1. The summed E-state index contributed by atoms with van der Waals surface area (Å²) in [5.41, 5.74) is -2.56. The maximum atomic E-state index is 12.9. The molecule has 0 saturated carbocycles. The van der Waals surface area contributed by atoms with Gasteiger partial charge in [0, 0.05) is 19.5 Å². The van der Waals surface area contributed by atoms with Crippen molar-refractivity contribution in [3.8, 4) is 0 Å². The Hall–Kier alpha value is -1.13. The van der Waals surface area contributed by atoms with Crippen LogP contribution in [0.3, 0.4) is 0 Å². The van der Waals surface area contributed by atoms with E-state index in [0.29, 0.717) is 0 Å². The first kappa shape index (κ1) is 13.9. The molecule has 0 radical (unpaired) electrons. The number of carbonyl (C=O) groups is 2. The number of amides is 1. The fourth-order valence-corrected chi connectivity index (χ4v) is 0.754. The molecule has 0 aromatic rings. The van der Waals surface area contributed by atoms with Crippen molar-refractivity contribution in [2.75, 3.05) is 14.1 Å². The third-order valence-corrected chi connectivity index (χ3v) is 2.46. The van der Waals surface area contributed by atoms with Gasteiger partial charge in [-0.1, -0.05) is 20.8 Å². The van der Waals surface area contributed by atoms with E-state index in [1.807, 2.05) is 0 Å². The van der Waals surface area contributed by atoms with Crippen LogP contribution < -0.4 is 0 Å². The van der Waals surface area contributed by atoms with Crippen molar-refractivity contribution in [2.45, 2.75) is 33.3 Å². The molecule has 0 N–H and O–H groups in total. The fraction of sp³-hybridized carbons (Fsp3) is 0.800. The minimum Gasteiger partial charge on any atom is -0.431 e. The van der Waals surface area contributed by atoms with Gasteiger partial charge in [-0.15, -0.1) is 0 Å². The Morgan fingerprint density at radius 2 is 1.53 bits per heavy atom. The highest BCUT2D eigenvalue weighted by atomic mass is 19.1. The van der Waals surface area contributed by atoms with Crippen molar-refractivity contribution >= 4 is 12.1 Å². The quantitative estimate of drug-likeness (QED) is 0.667. The van der Waals surface area contributed by atoms with Crippen LogP contribution in [0.4, 0.5) is 9.18 Å². The van der Waals surface area contributed by atoms with Gasteiger partial charge in [-0.05, 0) is 6.92 Å². The smallest absolute Gasteiger partial charge is 0.410 e. The SMILES string of the molecule is CN(C)C(=O)O[C@@](C)(C(=O)F)C(C)(C)C. The molecule has 0 aliphatic carbocycles. The summed E-state index contributed by atoms with van der Waals surface area (Å²) in [4.78, 5) is 23.3. The van der Waals surface area contributed by atoms with Gasteiger partial charge in [-0.2, -0.15) is 4.39 Å². The molecule has 0 rings (SSSR count). The second kappa shape index (κ2) is 4.16. The molecule has 88 valence electrons. The van der Waals surface area contributed by atoms with Gasteiger partial charge in [0.15, 0.2) is 0 Å². The van der Waals surface area contributed by atoms with Crippen LogP contribution in [0, 0.1) is 5.41 Å². The summed E-state index contributed by atoms with van der Waals surface area (Å²) in [6, 6.07) is -1.65. The lowest BCUT2D eigenvalue weighted by molar-refractivity contribution is -0.160. The largest absolute Gasteiger partial charge is 0.431 e. The van der Waals surface area contributed by atoms with Crippen molar-refractivity contribution in [3.63, 3.8) is 0 Å². The Morgan fingerprint density at radius 1 is 1.13 bits per heavy atom. The highest BCUT2D eigenvalue weighted by Gasteiger charge is 2.49. The van der Waals surface area contributed by atoms with Gasteiger partial charge in [0.1, 0.15) is 0 Å². The average molecular weight is 219 g/mol. The Kier molecular flexibility index (Phi) is 3.85. The first-order valence-corrected chi connectivity index (χ1v) is 4.62. The lowest BCUT2D eigenvalue weighted by Gasteiger charge is -2.37. The zero-order valence-electron chi connectivity index (χ0n) is 10.0. The van der Waals surface area contributed by atoms with E-state index in [2.05, 4.69) is 0 Å². The van der Waals surface area contributed by atoms with Gasteiger partial charge in [0.2, 0.25) is 5.60 Å². The highest BCUT2D eigenvalue weighted by Crippen LogP contribution is 2.35. The molecule has 0 aliphatic rings. The van der Waals surface area contributed by atoms with Crippen molar-refractivity contribution in [1.82, 2.24) is 4.90 Å². The van der Waals surface area contributed by atoms with Crippen LogP contribution in [0.1, 0.15) is 27.7 Å². The van der Waals surface area contributed by atoms with Crippen LogP contribution in [0.5, 0.6) is 0 Å². The van der Waals surface area contributed by atoms with E-state index in [1.54, 1.807) is 20.8 Å². The Bertz CT molecular complexity index is 270. The maximum Gasteiger partial charge on any atom is 0.410 e. The summed E-state index contributed by atoms with van der Waals surface area (Å²) in [5, 5.41) is 0. The van der Waals surface area contributed by atoms with E-state index in [4.69, 9.17) is 4.74 Å². The molecule has 1 atom stereocenters. The van der Waals surface area contributed by atoms with Gasteiger partial charge < -0.3 is 9.64 Å². The van der Waals surface area contributed by atoms with Gasteiger partial charge in [-0.25, -0.2) is 4.79 Å². The number of rotatable bonds is 2. The maximum absolute atomic E-state index is 12.9. The zero-order chi connectivity index (χ0) is 12.4. The lowest BCUT2D eigenvalue weighted by Crippen LogP contribution is -2.50. The number of hydrogen-bond donors (Lipinski definition) is 0. The summed E-state index contributed by atoms with van der Waals surface area (Å²) in [5.74, 6) is 0. The zero-order valence-corrected chi connectivity index (χ0v) is 10.0. The molecule has 0 spiro atoms. The molecule has 0 aromatic heterocycles. The summed E-state index contributed by atoms with van der Waals surface area (Å²) >= 11 is 0. The van der Waals surface area contributed by atoms with E-state index in [-0.39, 0.29) is 0 Å². The van der Waals surface area contributed by atoms with E-state index < -0.39 is 23.1 Å². The number of carbonyl (C=O) groups excluding carboxylic acids is 2. The van der Waals surface area contributed by atoms with Crippen LogP contribution in [0.2, 0.25) is 0 Å². The van der Waals surface area contributed by atoms with E-state index in [9.17, 15) is 14.0 Å². The summed E-state index contributed by atoms with van der Waals surface area (Å²) in [7, 11) is 2.93. The normalized spacial score (nSPS) is 15.4. The van der Waals surface area contributed by atoms with Crippen molar-refractivity contribution in [2.24, 2.45) is 5.41 Å². The Labute approximate surface area is 89.4 Å². The summed E-state index contributed by atoms with van der Waals surface area (Å²) in [6.45, 7) is 6.17. The fourth-order valence-electron chi connectivity index (χ4n) is 0.754. The van der Waals surface area contributed by atoms with Crippen molar-refractivity contribution in [3.05, 3.63) is 0 Å². The molecule has 0 bridgehead atoms. The monoisotopic (exact) mass is 219 g/mol. The van der Waals surface area contributed by atoms with E-state index in [0.717, 1.165) is 4.90 Å². The predicted octanol–water partition coefficient (Wildman–Crippen LogP) is 1.99. The molecule has 5 heteroatoms. The van der Waals surface area contributed by atoms with Gasteiger partial charge in [0.25, 0.3) is 0 Å². The number of halogens is 1. The van der Waals surface area contributed by atoms with Crippen LogP contribution in [0.25, 0.3) is 0 Å². The van der Waals surface area contributed by atoms with E-state index in [1.165, 1.54) is 21.0 Å². The molecule has 0 unspecified atom stereocenters. The third-order valence-electron chi connectivity index (χ3n) is 2.46. The summed E-state index contributed by atoms with van der Waals surface area (Å²) < 4.78 is 17.8. The minimum atomic E-state index is -1.76. The number of hydrogen-bond acceptors (Lipinski definition) is 3. The minimum absolute atomic E-state index is 0.738.